The normalized spacial score (nSPS) is 22.3. The zero-order chi connectivity index (χ0) is 13.1. The molecule has 108 valence electrons. The molecule has 0 bridgehead atoms. The summed E-state index contributed by atoms with van der Waals surface area (Å²) in [5, 5.41) is 3.22. The van der Waals surface area contributed by atoms with Gasteiger partial charge in [-0.2, -0.15) is 0 Å². The number of nitrogens with zero attached hydrogens (tertiary/aromatic N) is 1. The highest BCUT2D eigenvalue weighted by molar-refractivity contribution is 5.85. The predicted octanol–water partition coefficient (Wildman–Crippen LogP) is 2.55. The van der Waals surface area contributed by atoms with Gasteiger partial charge in [-0.25, -0.2) is 0 Å². The third-order valence-electron chi connectivity index (χ3n) is 3.99. The summed E-state index contributed by atoms with van der Waals surface area (Å²) in [4.78, 5) is 14.5. The van der Waals surface area contributed by atoms with Gasteiger partial charge in [0.1, 0.15) is 0 Å². The van der Waals surface area contributed by atoms with Crippen molar-refractivity contribution in [3.8, 4) is 0 Å². The zero-order valence-electron chi connectivity index (χ0n) is 12.5. The van der Waals surface area contributed by atoms with E-state index in [2.05, 4.69) is 37.9 Å². The Bertz CT molecular complexity index is 261. The minimum atomic E-state index is 0. The lowest BCUT2D eigenvalue weighted by Crippen LogP contribution is -2.46. The summed E-state index contributed by atoms with van der Waals surface area (Å²) >= 11 is 0. The number of likely N-dealkylation sites (tertiary alicyclic amines) is 1. The number of amides is 1. The van der Waals surface area contributed by atoms with Crippen LogP contribution in [-0.2, 0) is 4.79 Å². The van der Waals surface area contributed by atoms with Crippen LogP contribution in [0.15, 0.2) is 0 Å². The molecule has 4 heteroatoms. The Balaban J connectivity index is 0.00000289. The Morgan fingerprint density at radius 2 is 2.06 bits per heavy atom. The number of hydrogen-bond acceptors (Lipinski definition) is 2. The first-order chi connectivity index (χ1) is 7.86. The van der Waals surface area contributed by atoms with Crippen LogP contribution in [0.1, 0.15) is 40.5 Å². The molecule has 0 saturated carbocycles. The molecule has 1 heterocycles. The second kappa shape index (κ2) is 7.34. The van der Waals surface area contributed by atoms with Crippen molar-refractivity contribution in [2.24, 2.45) is 17.3 Å². The van der Waals surface area contributed by atoms with Gasteiger partial charge in [-0.15, -0.1) is 12.4 Å². The van der Waals surface area contributed by atoms with Crippen molar-refractivity contribution < 1.29 is 4.79 Å². The van der Waals surface area contributed by atoms with Gasteiger partial charge in [0.15, 0.2) is 0 Å². The van der Waals surface area contributed by atoms with Gasteiger partial charge < -0.3 is 10.2 Å². The fraction of sp³-hybridized carbons (Fsp3) is 0.929. The van der Waals surface area contributed by atoms with Gasteiger partial charge in [0.25, 0.3) is 0 Å². The summed E-state index contributed by atoms with van der Waals surface area (Å²) in [5.74, 6) is 1.07. The molecule has 2 atom stereocenters. The molecule has 2 unspecified atom stereocenters. The van der Waals surface area contributed by atoms with Gasteiger partial charge in [-0.3, -0.25) is 4.79 Å². The Labute approximate surface area is 118 Å². The number of carbonyl (C=O) groups is 1. The van der Waals surface area contributed by atoms with Crippen molar-refractivity contribution >= 4 is 18.3 Å². The molecular formula is C14H29ClN2O. The first-order valence-electron chi connectivity index (χ1n) is 6.79. The lowest BCUT2D eigenvalue weighted by molar-refractivity contribution is -0.140. The standard InChI is InChI=1S/C14H28N2O.ClH/c1-11(14(2,3)4)13(17)16-8-6-7-12(10-16)9-15-5;/h11-12,15H,6-10H2,1-5H3;1H. The molecule has 1 saturated heterocycles. The van der Waals surface area contributed by atoms with Gasteiger partial charge in [-0.1, -0.05) is 27.7 Å². The number of piperidine rings is 1. The molecule has 0 aliphatic carbocycles. The molecule has 0 aromatic rings. The third kappa shape index (κ3) is 4.77. The van der Waals surface area contributed by atoms with E-state index < -0.39 is 0 Å². The van der Waals surface area contributed by atoms with Crippen molar-refractivity contribution in [3.05, 3.63) is 0 Å². The van der Waals surface area contributed by atoms with Crippen LogP contribution in [0.5, 0.6) is 0 Å². The Kier molecular flexibility index (Phi) is 7.23. The van der Waals surface area contributed by atoms with Gasteiger partial charge in [0, 0.05) is 19.0 Å². The van der Waals surface area contributed by atoms with E-state index in [1.54, 1.807) is 0 Å². The molecule has 1 rings (SSSR count). The predicted molar refractivity (Wildman–Crippen MR) is 79.1 cm³/mol. The first-order valence-corrected chi connectivity index (χ1v) is 6.79. The molecule has 0 aromatic heterocycles. The molecule has 18 heavy (non-hydrogen) atoms. The van der Waals surface area contributed by atoms with Crippen LogP contribution in [0.25, 0.3) is 0 Å². The smallest absolute Gasteiger partial charge is 0.225 e. The Morgan fingerprint density at radius 1 is 1.44 bits per heavy atom. The lowest BCUT2D eigenvalue weighted by Gasteiger charge is -2.37. The fourth-order valence-corrected chi connectivity index (χ4v) is 2.36. The van der Waals surface area contributed by atoms with E-state index in [-0.39, 0.29) is 23.7 Å². The summed E-state index contributed by atoms with van der Waals surface area (Å²) in [6, 6.07) is 0. The highest BCUT2D eigenvalue weighted by atomic mass is 35.5. The number of halogens is 1. The summed E-state index contributed by atoms with van der Waals surface area (Å²) in [6.07, 6.45) is 2.39. The average Bonchev–Trinajstić information content (AvgIpc) is 2.27. The van der Waals surface area contributed by atoms with E-state index in [1.165, 1.54) is 6.42 Å². The van der Waals surface area contributed by atoms with E-state index in [9.17, 15) is 4.79 Å². The van der Waals surface area contributed by atoms with Gasteiger partial charge in [0.05, 0.1) is 0 Å². The molecule has 3 nitrogen and oxygen atoms in total. The molecule has 1 aliphatic rings. The van der Waals surface area contributed by atoms with Gasteiger partial charge in [0.2, 0.25) is 5.91 Å². The minimum Gasteiger partial charge on any atom is -0.342 e. The van der Waals surface area contributed by atoms with Gasteiger partial charge in [-0.05, 0) is 37.8 Å². The maximum absolute atomic E-state index is 12.4. The summed E-state index contributed by atoms with van der Waals surface area (Å²) < 4.78 is 0. The van der Waals surface area contributed by atoms with Crippen molar-refractivity contribution in [3.63, 3.8) is 0 Å². The van der Waals surface area contributed by atoms with Crippen molar-refractivity contribution in [1.29, 1.82) is 0 Å². The second-order valence-corrected chi connectivity index (χ2v) is 6.44. The number of nitrogens with one attached hydrogen (secondary N) is 1. The fourth-order valence-electron chi connectivity index (χ4n) is 2.36. The Hall–Kier alpha value is -0.280. The number of carbonyl (C=O) groups excluding carboxylic acids is 1. The van der Waals surface area contributed by atoms with Crippen LogP contribution in [0.2, 0.25) is 0 Å². The summed E-state index contributed by atoms with van der Waals surface area (Å²) in [6.45, 7) is 11.4. The molecule has 0 radical (unpaired) electrons. The van der Waals surface area contributed by atoms with Gasteiger partial charge >= 0.3 is 0 Å². The molecule has 1 fully saturated rings. The van der Waals surface area contributed by atoms with Crippen molar-refractivity contribution in [1.82, 2.24) is 10.2 Å². The molecule has 1 aliphatic heterocycles. The molecule has 0 aromatic carbocycles. The summed E-state index contributed by atoms with van der Waals surface area (Å²) in [7, 11) is 1.98. The van der Waals surface area contributed by atoms with E-state index in [0.717, 1.165) is 26.1 Å². The van der Waals surface area contributed by atoms with Crippen LogP contribution in [-0.4, -0.2) is 37.5 Å². The summed E-state index contributed by atoms with van der Waals surface area (Å²) in [5.41, 5.74) is 0.0625. The van der Waals surface area contributed by atoms with Crippen LogP contribution in [0, 0.1) is 17.3 Å². The number of rotatable bonds is 3. The van der Waals surface area contributed by atoms with E-state index >= 15 is 0 Å². The maximum atomic E-state index is 12.4. The average molecular weight is 277 g/mol. The van der Waals surface area contributed by atoms with E-state index in [1.807, 2.05) is 7.05 Å². The van der Waals surface area contributed by atoms with E-state index in [0.29, 0.717) is 11.8 Å². The molecule has 1 amide bonds. The van der Waals surface area contributed by atoms with Crippen LogP contribution < -0.4 is 5.32 Å². The Morgan fingerprint density at radius 3 is 2.56 bits per heavy atom. The van der Waals surface area contributed by atoms with E-state index in [4.69, 9.17) is 0 Å². The monoisotopic (exact) mass is 276 g/mol. The maximum Gasteiger partial charge on any atom is 0.225 e. The molecule has 0 spiro atoms. The second-order valence-electron chi connectivity index (χ2n) is 6.44. The zero-order valence-corrected chi connectivity index (χ0v) is 13.3. The third-order valence-corrected chi connectivity index (χ3v) is 3.99. The molecule has 1 N–H and O–H groups in total. The highest BCUT2D eigenvalue weighted by Gasteiger charge is 2.32. The topological polar surface area (TPSA) is 32.3 Å². The largest absolute Gasteiger partial charge is 0.342 e. The highest BCUT2D eigenvalue weighted by Crippen LogP contribution is 2.28. The lowest BCUT2D eigenvalue weighted by atomic mass is 9.80. The quantitative estimate of drug-likeness (QED) is 0.859. The SMILES string of the molecule is CNCC1CCCN(C(=O)C(C)C(C)(C)C)C1.Cl. The van der Waals surface area contributed by atoms with Crippen LogP contribution in [0.4, 0.5) is 0 Å². The first kappa shape index (κ1) is 17.7. The van der Waals surface area contributed by atoms with Crippen molar-refractivity contribution in [2.45, 2.75) is 40.5 Å². The van der Waals surface area contributed by atoms with Crippen LogP contribution >= 0.6 is 12.4 Å². The van der Waals surface area contributed by atoms with Crippen molar-refractivity contribution in [2.75, 3.05) is 26.7 Å². The minimum absolute atomic E-state index is 0. The molecular weight excluding hydrogens is 248 g/mol. The number of hydrogen-bond donors (Lipinski definition) is 1. The van der Waals surface area contributed by atoms with Crippen LogP contribution in [0.3, 0.4) is 0 Å².